The maximum absolute atomic E-state index is 9.60. The van der Waals surface area contributed by atoms with Crippen LogP contribution in [0.25, 0.3) is 0 Å². The number of piperazine rings is 1. The van der Waals surface area contributed by atoms with Crippen LogP contribution in [0.4, 0.5) is 0 Å². The van der Waals surface area contributed by atoms with Gasteiger partial charge in [-0.25, -0.2) is 0 Å². The van der Waals surface area contributed by atoms with E-state index in [4.69, 9.17) is 9.47 Å². The van der Waals surface area contributed by atoms with Crippen LogP contribution in [-0.2, 0) is 0 Å². The minimum Gasteiger partial charge on any atom is -0.486 e. The van der Waals surface area contributed by atoms with Crippen molar-refractivity contribution in [2.45, 2.75) is 6.04 Å². The molecule has 0 N–H and O–H groups in total. The first-order valence-electron chi connectivity index (χ1n) is 7.10. The molecule has 21 heavy (non-hydrogen) atoms. The van der Waals surface area contributed by atoms with Crippen molar-refractivity contribution in [1.29, 1.82) is 5.26 Å². The van der Waals surface area contributed by atoms with Gasteiger partial charge in [-0.2, -0.15) is 5.26 Å². The molecule has 2 heterocycles. The smallest absolute Gasteiger partial charge is 0.175 e. The molecule has 1 saturated heterocycles. The van der Waals surface area contributed by atoms with Gasteiger partial charge in [-0.3, -0.25) is 4.90 Å². The molecule has 112 valence electrons. The van der Waals surface area contributed by atoms with Gasteiger partial charge in [0.2, 0.25) is 0 Å². The fourth-order valence-electron chi connectivity index (χ4n) is 2.74. The second-order valence-corrected chi connectivity index (χ2v) is 6.25. The minimum absolute atomic E-state index is 0.245. The molecule has 0 aromatic heterocycles. The van der Waals surface area contributed by atoms with Gasteiger partial charge in [0.05, 0.1) is 10.5 Å². The topological polar surface area (TPSA) is 48.7 Å². The van der Waals surface area contributed by atoms with E-state index >= 15 is 0 Å². The summed E-state index contributed by atoms with van der Waals surface area (Å²) >= 11 is 3.52. The first-order chi connectivity index (χ1) is 10.2. The van der Waals surface area contributed by atoms with Crippen LogP contribution in [0.5, 0.6) is 11.5 Å². The Labute approximate surface area is 133 Å². The lowest BCUT2D eigenvalue weighted by Crippen LogP contribution is -2.45. The van der Waals surface area contributed by atoms with Crippen molar-refractivity contribution < 1.29 is 9.47 Å². The highest BCUT2D eigenvalue weighted by Gasteiger charge is 2.26. The van der Waals surface area contributed by atoms with Crippen LogP contribution < -0.4 is 9.47 Å². The first-order valence-corrected chi connectivity index (χ1v) is 7.89. The van der Waals surface area contributed by atoms with Gasteiger partial charge in [-0.1, -0.05) is 0 Å². The van der Waals surface area contributed by atoms with E-state index in [0.29, 0.717) is 13.2 Å². The average molecular weight is 352 g/mol. The number of benzene rings is 1. The van der Waals surface area contributed by atoms with Crippen molar-refractivity contribution in [3.05, 3.63) is 22.2 Å². The van der Waals surface area contributed by atoms with Crippen LogP contribution in [-0.4, -0.2) is 56.2 Å². The van der Waals surface area contributed by atoms with Gasteiger partial charge in [0.15, 0.2) is 11.5 Å². The number of hydrogen-bond donors (Lipinski definition) is 0. The van der Waals surface area contributed by atoms with Crippen LogP contribution in [0.3, 0.4) is 0 Å². The van der Waals surface area contributed by atoms with E-state index in [9.17, 15) is 5.26 Å². The molecule has 2 aliphatic heterocycles. The number of ether oxygens (including phenoxy) is 2. The van der Waals surface area contributed by atoms with Gasteiger partial charge in [-0.05, 0) is 40.7 Å². The zero-order valence-electron chi connectivity index (χ0n) is 12.0. The number of halogens is 1. The van der Waals surface area contributed by atoms with Gasteiger partial charge < -0.3 is 14.4 Å². The predicted molar refractivity (Wildman–Crippen MR) is 82.6 cm³/mol. The van der Waals surface area contributed by atoms with Crippen LogP contribution in [0.1, 0.15) is 11.6 Å². The Morgan fingerprint density at radius 2 is 1.90 bits per heavy atom. The van der Waals surface area contributed by atoms with Crippen molar-refractivity contribution in [2.75, 3.05) is 46.4 Å². The quantitative estimate of drug-likeness (QED) is 0.815. The molecule has 5 nitrogen and oxygen atoms in total. The van der Waals surface area contributed by atoms with Crippen LogP contribution in [0, 0.1) is 11.3 Å². The lowest BCUT2D eigenvalue weighted by Gasteiger charge is -2.35. The predicted octanol–water partition coefficient (Wildman–Crippen LogP) is 2.03. The summed E-state index contributed by atoms with van der Waals surface area (Å²) in [6.07, 6.45) is 0. The van der Waals surface area contributed by atoms with E-state index in [1.807, 2.05) is 12.1 Å². The third kappa shape index (κ3) is 3.00. The van der Waals surface area contributed by atoms with Gasteiger partial charge in [-0.15, -0.1) is 0 Å². The van der Waals surface area contributed by atoms with E-state index in [0.717, 1.165) is 47.7 Å². The fraction of sp³-hybridized carbons (Fsp3) is 0.533. The molecule has 1 aromatic rings. The van der Waals surface area contributed by atoms with Crippen molar-refractivity contribution >= 4 is 15.9 Å². The van der Waals surface area contributed by atoms with Crippen molar-refractivity contribution in [1.82, 2.24) is 9.80 Å². The maximum Gasteiger partial charge on any atom is 0.175 e. The first kappa shape index (κ1) is 14.6. The molecule has 0 bridgehead atoms. The summed E-state index contributed by atoms with van der Waals surface area (Å²) < 4.78 is 12.1. The number of nitriles is 1. The highest BCUT2D eigenvalue weighted by atomic mass is 79.9. The normalized spacial score (nSPS) is 20.8. The molecule has 1 unspecified atom stereocenters. The standard InChI is InChI=1S/C15H18BrN3O2/c1-18-2-4-19(5-3-18)13(10-17)11-8-12(16)15-14(9-11)20-6-7-21-15/h8-9,13H,2-7H2,1H3. The van der Waals surface area contributed by atoms with Gasteiger partial charge in [0.25, 0.3) is 0 Å². The summed E-state index contributed by atoms with van der Waals surface area (Å²) in [5.41, 5.74) is 0.957. The molecule has 1 fully saturated rings. The van der Waals surface area contributed by atoms with Gasteiger partial charge in [0, 0.05) is 26.2 Å². The summed E-state index contributed by atoms with van der Waals surface area (Å²) in [7, 11) is 2.11. The maximum atomic E-state index is 9.60. The van der Waals surface area contributed by atoms with Gasteiger partial charge in [0.1, 0.15) is 19.3 Å². The summed E-state index contributed by atoms with van der Waals surface area (Å²) in [4.78, 5) is 4.50. The Balaban J connectivity index is 1.87. The Bertz CT molecular complexity index is 565. The zero-order valence-corrected chi connectivity index (χ0v) is 13.6. The molecule has 0 radical (unpaired) electrons. The highest BCUT2D eigenvalue weighted by Crippen LogP contribution is 2.40. The Morgan fingerprint density at radius 3 is 2.62 bits per heavy atom. The number of likely N-dealkylation sites (N-methyl/N-ethyl adjacent to an activating group) is 1. The average Bonchev–Trinajstić information content (AvgIpc) is 2.50. The van der Waals surface area contributed by atoms with E-state index in [-0.39, 0.29) is 6.04 Å². The lowest BCUT2D eigenvalue weighted by molar-refractivity contribution is 0.132. The zero-order chi connectivity index (χ0) is 14.8. The summed E-state index contributed by atoms with van der Waals surface area (Å²) in [5.74, 6) is 1.46. The summed E-state index contributed by atoms with van der Waals surface area (Å²) in [6.45, 7) is 4.90. The number of fused-ring (bicyclic) bond motifs is 1. The molecule has 3 rings (SSSR count). The summed E-state index contributed by atoms with van der Waals surface area (Å²) in [5, 5.41) is 9.60. The molecule has 1 atom stereocenters. The number of hydrogen-bond acceptors (Lipinski definition) is 5. The molecule has 0 aliphatic carbocycles. The van der Waals surface area contributed by atoms with E-state index in [1.165, 1.54) is 0 Å². The fourth-order valence-corrected chi connectivity index (χ4v) is 3.31. The lowest BCUT2D eigenvalue weighted by atomic mass is 10.0. The largest absolute Gasteiger partial charge is 0.486 e. The van der Waals surface area contributed by atoms with Gasteiger partial charge >= 0.3 is 0 Å². The molecule has 1 aromatic carbocycles. The Hall–Kier alpha value is -1.29. The Kier molecular flexibility index (Phi) is 4.34. The van der Waals surface area contributed by atoms with Crippen molar-refractivity contribution in [3.8, 4) is 17.6 Å². The van der Waals surface area contributed by atoms with E-state index in [1.54, 1.807) is 0 Å². The second kappa shape index (κ2) is 6.22. The van der Waals surface area contributed by atoms with E-state index in [2.05, 4.69) is 38.8 Å². The van der Waals surface area contributed by atoms with Crippen LogP contribution in [0.15, 0.2) is 16.6 Å². The van der Waals surface area contributed by atoms with Crippen LogP contribution >= 0.6 is 15.9 Å². The third-order valence-corrected chi connectivity index (χ3v) is 4.55. The van der Waals surface area contributed by atoms with Crippen molar-refractivity contribution in [2.24, 2.45) is 0 Å². The molecule has 0 amide bonds. The third-order valence-electron chi connectivity index (χ3n) is 3.96. The monoisotopic (exact) mass is 351 g/mol. The second-order valence-electron chi connectivity index (χ2n) is 5.40. The molecule has 2 aliphatic rings. The molecule has 0 saturated carbocycles. The Morgan fingerprint density at radius 1 is 1.19 bits per heavy atom. The SMILES string of the molecule is CN1CCN(C(C#N)c2cc(Br)c3c(c2)OCCO3)CC1. The highest BCUT2D eigenvalue weighted by molar-refractivity contribution is 9.10. The van der Waals surface area contributed by atoms with Crippen molar-refractivity contribution in [3.63, 3.8) is 0 Å². The molecular formula is C15H18BrN3O2. The van der Waals surface area contributed by atoms with Crippen LogP contribution in [0.2, 0.25) is 0 Å². The number of rotatable bonds is 2. The molecular weight excluding hydrogens is 334 g/mol. The number of nitrogens with zero attached hydrogens (tertiary/aromatic N) is 3. The van der Waals surface area contributed by atoms with E-state index < -0.39 is 0 Å². The minimum atomic E-state index is -0.245. The molecule has 0 spiro atoms. The summed E-state index contributed by atoms with van der Waals surface area (Å²) in [6, 6.07) is 6.09. The molecule has 6 heteroatoms.